The van der Waals surface area contributed by atoms with Gasteiger partial charge < -0.3 is 10.5 Å². The van der Waals surface area contributed by atoms with Gasteiger partial charge in [0.1, 0.15) is 17.8 Å². The molecule has 0 radical (unpaired) electrons. The summed E-state index contributed by atoms with van der Waals surface area (Å²) in [6.07, 6.45) is 1.31. The third kappa shape index (κ3) is 2.47. The van der Waals surface area contributed by atoms with Crippen molar-refractivity contribution in [2.75, 3.05) is 5.73 Å². The van der Waals surface area contributed by atoms with Gasteiger partial charge in [0.05, 0.1) is 0 Å². The molecule has 17 heavy (non-hydrogen) atoms. The zero-order valence-corrected chi connectivity index (χ0v) is 10.3. The van der Waals surface area contributed by atoms with Crippen LogP contribution in [0.3, 0.4) is 0 Å². The van der Waals surface area contributed by atoms with Crippen LogP contribution >= 0.6 is 11.6 Å². The normalized spacial score (nSPS) is 10.3. The molecule has 0 aliphatic carbocycles. The van der Waals surface area contributed by atoms with Crippen LogP contribution in [0.1, 0.15) is 11.1 Å². The largest absolute Gasteiger partial charge is 0.437 e. The van der Waals surface area contributed by atoms with E-state index in [4.69, 9.17) is 22.1 Å². The zero-order chi connectivity index (χ0) is 12.4. The van der Waals surface area contributed by atoms with E-state index in [1.807, 2.05) is 32.0 Å². The van der Waals surface area contributed by atoms with Crippen LogP contribution in [0.2, 0.25) is 5.15 Å². The number of benzene rings is 1. The molecule has 1 aromatic carbocycles. The Labute approximate surface area is 104 Å². The SMILES string of the molecule is Cc1ccc(Oc2ncnc(Cl)c2N)cc1C. The van der Waals surface area contributed by atoms with Crippen LogP contribution in [0.5, 0.6) is 11.6 Å². The fourth-order valence-corrected chi connectivity index (χ4v) is 1.45. The lowest BCUT2D eigenvalue weighted by Crippen LogP contribution is -1.97. The number of anilines is 1. The molecule has 88 valence electrons. The Balaban J connectivity index is 2.31. The van der Waals surface area contributed by atoms with E-state index in [1.54, 1.807) is 0 Å². The summed E-state index contributed by atoms with van der Waals surface area (Å²) in [5.74, 6) is 0.947. The molecule has 2 aromatic rings. The van der Waals surface area contributed by atoms with Crippen molar-refractivity contribution in [3.8, 4) is 11.6 Å². The van der Waals surface area contributed by atoms with E-state index < -0.39 is 0 Å². The average molecular weight is 250 g/mol. The minimum atomic E-state index is 0.193. The number of nitrogens with two attached hydrogens (primary N) is 1. The van der Waals surface area contributed by atoms with E-state index in [0.29, 0.717) is 5.75 Å². The molecule has 0 unspecified atom stereocenters. The number of ether oxygens (including phenoxy) is 1. The Hall–Kier alpha value is -1.81. The Kier molecular flexibility index (Phi) is 3.15. The van der Waals surface area contributed by atoms with E-state index in [9.17, 15) is 0 Å². The summed E-state index contributed by atoms with van der Waals surface area (Å²) in [7, 11) is 0. The molecule has 2 rings (SSSR count). The molecule has 0 atom stereocenters. The lowest BCUT2D eigenvalue weighted by molar-refractivity contribution is 0.464. The van der Waals surface area contributed by atoms with Crippen molar-refractivity contribution >= 4 is 17.3 Å². The van der Waals surface area contributed by atoms with Crippen molar-refractivity contribution in [3.05, 3.63) is 40.8 Å². The number of aromatic nitrogens is 2. The van der Waals surface area contributed by atoms with Crippen molar-refractivity contribution < 1.29 is 4.74 Å². The van der Waals surface area contributed by atoms with Crippen LogP contribution in [-0.2, 0) is 0 Å². The number of hydrogen-bond donors (Lipinski definition) is 1. The minimum absolute atomic E-state index is 0.193. The Morgan fingerprint density at radius 3 is 2.65 bits per heavy atom. The molecule has 1 aromatic heterocycles. The highest BCUT2D eigenvalue weighted by molar-refractivity contribution is 6.32. The third-order valence-corrected chi connectivity index (χ3v) is 2.79. The van der Waals surface area contributed by atoms with Crippen molar-refractivity contribution in [1.29, 1.82) is 0 Å². The highest BCUT2D eigenvalue weighted by atomic mass is 35.5. The molecule has 0 fully saturated rings. The Morgan fingerprint density at radius 2 is 1.94 bits per heavy atom. The van der Waals surface area contributed by atoms with E-state index in [-0.39, 0.29) is 16.7 Å². The Bertz CT molecular complexity index is 557. The average Bonchev–Trinajstić information content (AvgIpc) is 2.30. The second kappa shape index (κ2) is 4.59. The van der Waals surface area contributed by atoms with Crippen LogP contribution in [0.4, 0.5) is 5.69 Å². The highest BCUT2D eigenvalue weighted by Crippen LogP contribution is 2.29. The molecule has 1 heterocycles. The molecule has 0 bridgehead atoms. The monoisotopic (exact) mass is 249 g/mol. The van der Waals surface area contributed by atoms with Gasteiger partial charge in [-0.05, 0) is 37.1 Å². The van der Waals surface area contributed by atoms with Crippen molar-refractivity contribution in [3.63, 3.8) is 0 Å². The maximum absolute atomic E-state index is 5.78. The van der Waals surface area contributed by atoms with Crippen LogP contribution in [0.15, 0.2) is 24.5 Å². The zero-order valence-electron chi connectivity index (χ0n) is 9.57. The summed E-state index contributed by atoms with van der Waals surface area (Å²) in [6, 6.07) is 5.76. The number of nitrogens with zero attached hydrogens (tertiary/aromatic N) is 2. The summed E-state index contributed by atoms with van der Waals surface area (Å²) in [4.78, 5) is 7.71. The maximum atomic E-state index is 5.78. The molecule has 2 N–H and O–H groups in total. The van der Waals surface area contributed by atoms with Gasteiger partial charge in [-0.15, -0.1) is 0 Å². The lowest BCUT2D eigenvalue weighted by Gasteiger charge is -2.09. The van der Waals surface area contributed by atoms with E-state index in [1.165, 1.54) is 11.9 Å². The molecule has 0 aliphatic rings. The van der Waals surface area contributed by atoms with Gasteiger partial charge in [-0.25, -0.2) is 4.98 Å². The summed E-state index contributed by atoms with van der Waals surface area (Å²) in [5.41, 5.74) is 8.30. The molecule has 4 nitrogen and oxygen atoms in total. The molecular weight excluding hydrogens is 238 g/mol. The first-order valence-electron chi connectivity index (χ1n) is 5.09. The van der Waals surface area contributed by atoms with Gasteiger partial charge in [-0.1, -0.05) is 17.7 Å². The second-order valence-electron chi connectivity index (χ2n) is 3.73. The van der Waals surface area contributed by atoms with Crippen LogP contribution in [-0.4, -0.2) is 9.97 Å². The van der Waals surface area contributed by atoms with Crippen LogP contribution in [0.25, 0.3) is 0 Å². The lowest BCUT2D eigenvalue weighted by atomic mass is 10.1. The van der Waals surface area contributed by atoms with Gasteiger partial charge in [0, 0.05) is 0 Å². The highest BCUT2D eigenvalue weighted by Gasteiger charge is 2.08. The molecule has 0 saturated carbocycles. The molecule has 0 saturated heterocycles. The number of halogens is 1. The second-order valence-corrected chi connectivity index (χ2v) is 4.09. The van der Waals surface area contributed by atoms with Gasteiger partial charge in [0.15, 0.2) is 5.15 Å². The van der Waals surface area contributed by atoms with Gasteiger partial charge in [-0.2, -0.15) is 4.98 Å². The van der Waals surface area contributed by atoms with Gasteiger partial charge in [0.25, 0.3) is 0 Å². The molecule has 5 heteroatoms. The quantitative estimate of drug-likeness (QED) is 0.831. The molecule has 0 spiro atoms. The molecule has 0 aliphatic heterocycles. The van der Waals surface area contributed by atoms with E-state index in [0.717, 1.165) is 5.56 Å². The molecule has 0 amide bonds. The summed E-state index contributed by atoms with van der Waals surface area (Å²) < 4.78 is 5.57. The standard InChI is InChI=1S/C12H12ClN3O/c1-7-3-4-9(5-8(7)2)17-12-10(14)11(13)15-6-16-12/h3-6H,14H2,1-2H3. The maximum Gasteiger partial charge on any atom is 0.247 e. The smallest absolute Gasteiger partial charge is 0.247 e. The van der Waals surface area contributed by atoms with Crippen LogP contribution < -0.4 is 10.5 Å². The van der Waals surface area contributed by atoms with Crippen molar-refractivity contribution in [2.45, 2.75) is 13.8 Å². The summed E-state index contributed by atoms with van der Waals surface area (Å²) >= 11 is 5.78. The first-order valence-corrected chi connectivity index (χ1v) is 5.47. The van der Waals surface area contributed by atoms with Crippen molar-refractivity contribution in [1.82, 2.24) is 9.97 Å². The topological polar surface area (TPSA) is 61.0 Å². The first kappa shape index (κ1) is 11.7. The predicted octanol–water partition coefficient (Wildman–Crippen LogP) is 3.12. The third-order valence-electron chi connectivity index (χ3n) is 2.49. The van der Waals surface area contributed by atoms with Gasteiger partial charge in [0.2, 0.25) is 5.88 Å². The predicted molar refractivity (Wildman–Crippen MR) is 67.4 cm³/mol. The number of rotatable bonds is 2. The van der Waals surface area contributed by atoms with Gasteiger partial charge in [-0.3, -0.25) is 0 Å². The van der Waals surface area contributed by atoms with Crippen LogP contribution in [0, 0.1) is 13.8 Å². The number of hydrogen-bond acceptors (Lipinski definition) is 4. The number of aryl methyl sites for hydroxylation is 2. The first-order chi connectivity index (χ1) is 8.08. The minimum Gasteiger partial charge on any atom is -0.437 e. The van der Waals surface area contributed by atoms with Crippen molar-refractivity contribution in [2.24, 2.45) is 0 Å². The fourth-order valence-electron chi connectivity index (χ4n) is 1.33. The summed E-state index contributed by atoms with van der Waals surface area (Å²) in [6.45, 7) is 4.05. The van der Waals surface area contributed by atoms with E-state index in [2.05, 4.69) is 9.97 Å². The van der Waals surface area contributed by atoms with Gasteiger partial charge >= 0.3 is 0 Å². The fraction of sp³-hybridized carbons (Fsp3) is 0.167. The van der Waals surface area contributed by atoms with E-state index >= 15 is 0 Å². The number of nitrogen functional groups attached to an aromatic ring is 1. The Morgan fingerprint density at radius 1 is 1.18 bits per heavy atom. The molecular formula is C12H12ClN3O. The summed E-state index contributed by atoms with van der Waals surface area (Å²) in [5, 5.41) is 0.193.